The van der Waals surface area contributed by atoms with Crippen molar-refractivity contribution in [3.63, 3.8) is 0 Å². The number of rotatable bonds is 1. The normalized spacial score (nSPS) is 8.90. The van der Waals surface area contributed by atoms with Gasteiger partial charge in [-0.05, 0) is 12.1 Å². The lowest BCUT2D eigenvalue weighted by Gasteiger charge is -1.93. The van der Waals surface area contributed by atoms with Gasteiger partial charge in [-0.3, -0.25) is 4.98 Å². The van der Waals surface area contributed by atoms with Crippen molar-refractivity contribution in [2.45, 2.75) is 0 Å². The molecule has 0 saturated carbocycles. The first-order valence-corrected chi connectivity index (χ1v) is 2.65. The van der Waals surface area contributed by atoms with Crippen molar-refractivity contribution in [2.75, 3.05) is 0 Å². The summed E-state index contributed by atoms with van der Waals surface area (Å²) in [5.41, 5.74) is 0.400. The largest absolute Gasteiger partial charge is 0.370 e. The zero-order chi connectivity index (χ0) is 7.40. The average Bonchev–Trinajstić information content (AvgIpc) is 2.05. The van der Waals surface area contributed by atoms with Crippen LogP contribution in [0.2, 0.25) is 0 Å². The number of nitrogens with two attached hydrogens (primary N) is 1. The van der Waals surface area contributed by atoms with Crippen molar-refractivity contribution in [3.05, 3.63) is 30.1 Å². The Morgan fingerprint density at radius 1 is 1.50 bits per heavy atom. The predicted molar refractivity (Wildman–Crippen MR) is 33.8 cm³/mol. The van der Waals surface area contributed by atoms with Gasteiger partial charge in [0.05, 0.1) is 5.56 Å². The van der Waals surface area contributed by atoms with Crippen LogP contribution >= 0.6 is 0 Å². The van der Waals surface area contributed by atoms with Gasteiger partial charge in [-0.2, -0.15) is 5.90 Å². The molecule has 0 radical (unpaired) electrons. The summed E-state index contributed by atoms with van der Waals surface area (Å²) >= 11 is 0. The maximum atomic E-state index is 10.6. The van der Waals surface area contributed by atoms with Crippen molar-refractivity contribution in [2.24, 2.45) is 5.90 Å². The standard InChI is InChI=1S/C6H6N2O2/c7-10-6(9)5-1-3-8-4-2-5/h1-4H,7H2. The van der Waals surface area contributed by atoms with Gasteiger partial charge in [0.25, 0.3) is 0 Å². The minimum atomic E-state index is -0.553. The van der Waals surface area contributed by atoms with Gasteiger partial charge in [0.1, 0.15) is 0 Å². The summed E-state index contributed by atoms with van der Waals surface area (Å²) in [6.07, 6.45) is 2.98. The predicted octanol–water partition coefficient (Wildman–Crippen LogP) is 0.112. The molecular formula is C6H6N2O2. The summed E-state index contributed by atoms with van der Waals surface area (Å²) in [6, 6.07) is 3.05. The molecule has 1 aromatic heterocycles. The van der Waals surface area contributed by atoms with Crippen LogP contribution in [-0.2, 0) is 4.84 Å². The number of hydrogen-bond acceptors (Lipinski definition) is 4. The topological polar surface area (TPSA) is 65.2 Å². The molecule has 0 aliphatic rings. The van der Waals surface area contributed by atoms with Crippen LogP contribution in [0, 0.1) is 0 Å². The molecule has 4 nitrogen and oxygen atoms in total. The lowest BCUT2D eigenvalue weighted by molar-refractivity contribution is 0.0503. The molecule has 1 heterocycles. The second-order valence-corrected chi connectivity index (χ2v) is 1.64. The fourth-order valence-electron chi connectivity index (χ4n) is 0.556. The van der Waals surface area contributed by atoms with Crippen molar-refractivity contribution in [1.82, 2.24) is 4.98 Å². The smallest absolute Gasteiger partial charge is 0.356 e. The first kappa shape index (κ1) is 6.70. The van der Waals surface area contributed by atoms with Crippen molar-refractivity contribution < 1.29 is 9.63 Å². The van der Waals surface area contributed by atoms with Crippen LogP contribution in [0.25, 0.3) is 0 Å². The molecule has 0 unspecified atom stereocenters. The lowest BCUT2D eigenvalue weighted by Crippen LogP contribution is -2.09. The number of hydrogen-bond donors (Lipinski definition) is 1. The zero-order valence-corrected chi connectivity index (χ0v) is 5.15. The van der Waals surface area contributed by atoms with Gasteiger partial charge in [-0.1, -0.05) is 0 Å². The maximum Gasteiger partial charge on any atom is 0.356 e. The SMILES string of the molecule is NOC(=O)c1ccncc1. The van der Waals surface area contributed by atoms with E-state index in [0.717, 1.165) is 0 Å². The second kappa shape index (κ2) is 2.93. The van der Waals surface area contributed by atoms with Crippen LogP contribution < -0.4 is 5.90 Å². The highest BCUT2D eigenvalue weighted by atomic mass is 16.7. The fourth-order valence-corrected chi connectivity index (χ4v) is 0.556. The number of aromatic nitrogens is 1. The van der Waals surface area contributed by atoms with E-state index in [-0.39, 0.29) is 0 Å². The third-order valence-corrected chi connectivity index (χ3v) is 1.02. The average molecular weight is 138 g/mol. The molecule has 52 valence electrons. The number of carbonyl (C=O) groups excluding carboxylic acids is 1. The van der Waals surface area contributed by atoms with Gasteiger partial charge in [0.15, 0.2) is 0 Å². The Morgan fingerprint density at radius 3 is 2.60 bits per heavy atom. The van der Waals surface area contributed by atoms with Crippen LogP contribution in [0.3, 0.4) is 0 Å². The highest BCUT2D eigenvalue weighted by molar-refractivity contribution is 5.88. The van der Waals surface area contributed by atoms with E-state index in [4.69, 9.17) is 0 Å². The van der Waals surface area contributed by atoms with E-state index >= 15 is 0 Å². The molecule has 2 N–H and O–H groups in total. The van der Waals surface area contributed by atoms with Gasteiger partial charge < -0.3 is 4.84 Å². The van der Waals surface area contributed by atoms with Crippen LogP contribution in [-0.4, -0.2) is 11.0 Å². The quantitative estimate of drug-likeness (QED) is 0.559. The Morgan fingerprint density at radius 2 is 2.10 bits per heavy atom. The second-order valence-electron chi connectivity index (χ2n) is 1.64. The molecule has 1 aromatic rings. The summed E-state index contributed by atoms with van der Waals surface area (Å²) in [4.78, 5) is 18.3. The van der Waals surface area contributed by atoms with E-state index < -0.39 is 5.97 Å². The molecule has 0 spiro atoms. The summed E-state index contributed by atoms with van der Waals surface area (Å²) in [5.74, 6) is 4.08. The van der Waals surface area contributed by atoms with Crippen molar-refractivity contribution >= 4 is 5.97 Å². The number of carbonyl (C=O) groups is 1. The summed E-state index contributed by atoms with van der Waals surface area (Å²) in [7, 11) is 0. The third-order valence-electron chi connectivity index (χ3n) is 1.02. The first-order chi connectivity index (χ1) is 4.84. The molecule has 0 aliphatic carbocycles. The molecule has 1 rings (SSSR count). The van der Waals surface area contributed by atoms with E-state index in [0.29, 0.717) is 5.56 Å². The van der Waals surface area contributed by atoms with Crippen LogP contribution in [0.4, 0.5) is 0 Å². The summed E-state index contributed by atoms with van der Waals surface area (Å²) in [6.45, 7) is 0. The Bertz CT molecular complexity index is 222. The van der Waals surface area contributed by atoms with Crippen LogP contribution in [0.5, 0.6) is 0 Å². The van der Waals surface area contributed by atoms with E-state index in [2.05, 4.69) is 15.7 Å². The number of pyridine rings is 1. The monoisotopic (exact) mass is 138 g/mol. The molecule has 0 atom stereocenters. The maximum absolute atomic E-state index is 10.6. The molecule has 0 amide bonds. The first-order valence-electron chi connectivity index (χ1n) is 2.65. The van der Waals surface area contributed by atoms with Crippen LogP contribution in [0.15, 0.2) is 24.5 Å². The minimum absolute atomic E-state index is 0.400. The van der Waals surface area contributed by atoms with Gasteiger partial charge in [-0.25, -0.2) is 4.79 Å². The lowest BCUT2D eigenvalue weighted by atomic mass is 10.3. The van der Waals surface area contributed by atoms with Gasteiger partial charge in [0.2, 0.25) is 0 Å². The Kier molecular flexibility index (Phi) is 1.96. The van der Waals surface area contributed by atoms with E-state index in [1.54, 1.807) is 0 Å². The molecule has 0 bridgehead atoms. The van der Waals surface area contributed by atoms with Crippen LogP contribution in [0.1, 0.15) is 10.4 Å². The molecule has 0 aromatic carbocycles. The highest BCUT2D eigenvalue weighted by Gasteiger charge is 2.02. The highest BCUT2D eigenvalue weighted by Crippen LogP contribution is 1.95. The molecule has 10 heavy (non-hydrogen) atoms. The van der Waals surface area contributed by atoms with E-state index in [9.17, 15) is 4.79 Å². The van der Waals surface area contributed by atoms with Gasteiger partial charge in [0, 0.05) is 12.4 Å². The van der Waals surface area contributed by atoms with Gasteiger partial charge in [-0.15, -0.1) is 0 Å². The van der Waals surface area contributed by atoms with E-state index in [1.165, 1.54) is 24.5 Å². The summed E-state index contributed by atoms with van der Waals surface area (Å²) in [5, 5.41) is 0. The molecule has 0 aliphatic heterocycles. The molecule has 4 heteroatoms. The van der Waals surface area contributed by atoms with Gasteiger partial charge >= 0.3 is 5.97 Å². The molecule has 0 saturated heterocycles. The van der Waals surface area contributed by atoms with Crippen molar-refractivity contribution in [3.8, 4) is 0 Å². The Hall–Kier alpha value is -1.42. The van der Waals surface area contributed by atoms with E-state index in [1.807, 2.05) is 0 Å². The van der Waals surface area contributed by atoms with Crippen molar-refractivity contribution in [1.29, 1.82) is 0 Å². The molecular weight excluding hydrogens is 132 g/mol. The third kappa shape index (κ3) is 1.29. The minimum Gasteiger partial charge on any atom is -0.370 e. The summed E-state index contributed by atoms with van der Waals surface area (Å²) < 4.78 is 0. The molecule has 0 fully saturated rings. The fraction of sp³-hybridized carbons (Fsp3) is 0. The zero-order valence-electron chi connectivity index (χ0n) is 5.15. The Balaban J connectivity index is 2.85. The Labute approximate surface area is 57.6 Å². The number of nitrogens with zero attached hydrogens (tertiary/aromatic N) is 1.